The SMILES string of the molecule is CCC1NC2(CCCC2)C(=O)N1CCN(C)C1CCCC1. The van der Waals surface area contributed by atoms with Gasteiger partial charge in [0, 0.05) is 19.1 Å². The van der Waals surface area contributed by atoms with E-state index in [2.05, 4.69) is 29.1 Å². The molecule has 0 aromatic heterocycles. The van der Waals surface area contributed by atoms with Crippen molar-refractivity contribution in [3.05, 3.63) is 0 Å². The van der Waals surface area contributed by atoms with E-state index in [1.54, 1.807) is 0 Å². The fourth-order valence-electron chi connectivity index (χ4n) is 4.58. The van der Waals surface area contributed by atoms with E-state index in [1.165, 1.54) is 38.5 Å². The van der Waals surface area contributed by atoms with Crippen LogP contribution in [0.4, 0.5) is 0 Å². The maximum absolute atomic E-state index is 12.9. The van der Waals surface area contributed by atoms with E-state index in [0.29, 0.717) is 5.91 Å². The quantitative estimate of drug-likeness (QED) is 0.845. The number of amides is 1. The molecule has 21 heavy (non-hydrogen) atoms. The number of hydrogen-bond donors (Lipinski definition) is 1. The smallest absolute Gasteiger partial charge is 0.244 e. The summed E-state index contributed by atoms with van der Waals surface area (Å²) in [4.78, 5) is 17.5. The molecule has 2 saturated carbocycles. The third-order valence-corrected chi connectivity index (χ3v) is 5.97. The van der Waals surface area contributed by atoms with Crippen LogP contribution in [-0.2, 0) is 4.79 Å². The van der Waals surface area contributed by atoms with Crippen LogP contribution in [0, 0.1) is 0 Å². The zero-order chi connectivity index (χ0) is 14.9. The van der Waals surface area contributed by atoms with Crippen molar-refractivity contribution in [3.63, 3.8) is 0 Å². The number of carbonyl (C=O) groups excluding carboxylic acids is 1. The van der Waals surface area contributed by atoms with Crippen molar-refractivity contribution in [2.24, 2.45) is 0 Å². The fraction of sp³-hybridized carbons (Fsp3) is 0.941. The van der Waals surface area contributed by atoms with Gasteiger partial charge in [0.25, 0.3) is 0 Å². The van der Waals surface area contributed by atoms with Crippen molar-refractivity contribution in [1.29, 1.82) is 0 Å². The van der Waals surface area contributed by atoms with Crippen LogP contribution in [0.1, 0.15) is 64.7 Å². The molecule has 1 amide bonds. The van der Waals surface area contributed by atoms with Gasteiger partial charge < -0.3 is 9.80 Å². The van der Waals surface area contributed by atoms with Crippen molar-refractivity contribution in [2.45, 2.75) is 82.5 Å². The molecule has 3 fully saturated rings. The summed E-state index contributed by atoms with van der Waals surface area (Å²) < 4.78 is 0. The summed E-state index contributed by atoms with van der Waals surface area (Å²) in [5.74, 6) is 0.381. The first-order valence-electron chi connectivity index (χ1n) is 8.95. The molecule has 120 valence electrons. The third kappa shape index (κ3) is 2.85. The monoisotopic (exact) mass is 293 g/mol. The highest BCUT2D eigenvalue weighted by molar-refractivity contribution is 5.89. The summed E-state index contributed by atoms with van der Waals surface area (Å²) in [6, 6.07) is 0.746. The van der Waals surface area contributed by atoms with E-state index in [0.717, 1.165) is 38.4 Å². The highest BCUT2D eigenvalue weighted by Crippen LogP contribution is 2.36. The summed E-state index contributed by atoms with van der Waals surface area (Å²) in [5, 5.41) is 3.67. The fourth-order valence-corrected chi connectivity index (χ4v) is 4.58. The lowest BCUT2D eigenvalue weighted by Gasteiger charge is -2.29. The largest absolute Gasteiger partial charge is 0.324 e. The lowest BCUT2D eigenvalue weighted by molar-refractivity contribution is -0.133. The Morgan fingerprint density at radius 3 is 2.52 bits per heavy atom. The van der Waals surface area contributed by atoms with Gasteiger partial charge in [-0.3, -0.25) is 10.1 Å². The first-order valence-corrected chi connectivity index (χ1v) is 8.95. The zero-order valence-corrected chi connectivity index (χ0v) is 13.7. The average molecular weight is 293 g/mol. The number of nitrogens with one attached hydrogen (secondary N) is 1. The first kappa shape index (κ1) is 15.3. The molecular formula is C17H31N3O. The molecule has 4 heteroatoms. The van der Waals surface area contributed by atoms with E-state index in [1.807, 2.05) is 0 Å². The summed E-state index contributed by atoms with van der Waals surface area (Å²) in [6.07, 6.45) is 11.2. The van der Waals surface area contributed by atoms with Crippen molar-refractivity contribution in [1.82, 2.24) is 15.1 Å². The van der Waals surface area contributed by atoms with Crippen LogP contribution >= 0.6 is 0 Å². The normalized spacial score (nSPS) is 29.4. The van der Waals surface area contributed by atoms with Gasteiger partial charge in [0.2, 0.25) is 5.91 Å². The van der Waals surface area contributed by atoms with Crippen LogP contribution in [0.15, 0.2) is 0 Å². The molecule has 1 unspecified atom stereocenters. The maximum atomic E-state index is 12.9. The molecule has 0 aromatic rings. The Hall–Kier alpha value is -0.610. The Bertz CT molecular complexity index is 372. The minimum absolute atomic E-state index is 0.202. The Balaban J connectivity index is 1.59. The average Bonchev–Trinajstić information content (AvgIpc) is 3.21. The first-order chi connectivity index (χ1) is 10.2. The molecule has 1 saturated heterocycles. The maximum Gasteiger partial charge on any atom is 0.244 e. The minimum atomic E-state index is -0.202. The van der Waals surface area contributed by atoms with Crippen LogP contribution < -0.4 is 5.32 Å². The lowest BCUT2D eigenvalue weighted by atomic mass is 9.98. The van der Waals surface area contributed by atoms with E-state index in [4.69, 9.17) is 0 Å². The van der Waals surface area contributed by atoms with Gasteiger partial charge in [0.15, 0.2) is 0 Å². The second kappa shape index (κ2) is 6.25. The highest BCUT2D eigenvalue weighted by Gasteiger charge is 2.51. The topological polar surface area (TPSA) is 35.6 Å². The highest BCUT2D eigenvalue weighted by atomic mass is 16.2. The molecule has 1 N–H and O–H groups in total. The number of nitrogens with zero attached hydrogens (tertiary/aromatic N) is 2. The molecule has 0 radical (unpaired) electrons. The van der Waals surface area contributed by atoms with Crippen molar-refractivity contribution in [2.75, 3.05) is 20.1 Å². The van der Waals surface area contributed by atoms with Gasteiger partial charge in [0.05, 0.1) is 11.7 Å². The van der Waals surface area contributed by atoms with Crippen LogP contribution in [0.25, 0.3) is 0 Å². The van der Waals surface area contributed by atoms with Gasteiger partial charge in [-0.05, 0) is 39.2 Å². The molecule has 4 nitrogen and oxygen atoms in total. The Morgan fingerprint density at radius 2 is 1.90 bits per heavy atom. The number of hydrogen-bond acceptors (Lipinski definition) is 3. The van der Waals surface area contributed by atoms with E-state index < -0.39 is 0 Å². The molecule has 3 aliphatic rings. The van der Waals surface area contributed by atoms with Crippen molar-refractivity contribution in [3.8, 4) is 0 Å². The second-order valence-corrected chi connectivity index (χ2v) is 7.28. The van der Waals surface area contributed by atoms with Gasteiger partial charge in [-0.15, -0.1) is 0 Å². The molecular weight excluding hydrogens is 262 g/mol. The molecule has 0 aromatic carbocycles. The molecule has 0 bridgehead atoms. The Morgan fingerprint density at radius 1 is 1.24 bits per heavy atom. The second-order valence-electron chi connectivity index (χ2n) is 7.28. The predicted octanol–water partition coefficient (Wildman–Crippen LogP) is 2.34. The summed E-state index contributed by atoms with van der Waals surface area (Å²) in [6.45, 7) is 4.09. The zero-order valence-electron chi connectivity index (χ0n) is 13.7. The molecule has 2 aliphatic carbocycles. The number of likely N-dealkylation sites (N-methyl/N-ethyl adjacent to an activating group) is 1. The Kier molecular flexibility index (Phi) is 4.55. The molecule has 1 atom stereocenters. The standard InChI is InChI=1S/C17H31N3O/c1-3-15-18-17(10-6-7-11-17)16(21)20(15)13-12-19(2)14-8-4-5-9-14/h14-15,18H,3-13H2,1-2H3. The molecule has 1 aliphatic heterocycles. The van der Waals surface area contributed by atoms with Gasteiger partial charge in [0.1, 0.15) is 0 Å². The molecule has 1 spiro atoms. The number of carbonyl (C=O) groups is 1. The van der Waals surface area contributed by atoms with Crippen LogP contribution in [0.3, 0.4) is 0 Å². The van der Waals surface area contributed by atoms with Gasteiger partial charge >= 0.3 is 0 Å². The van der Waals surface area contributed by atoms with Gasteiger partial charge in [-0.25, -0.2) is 0 Å². The van der Waals surface area contributed by atoms with Gasteiger partial charge in [-0.2, -0.15) is 0 Å². The molecule has 3 rings (SSSR count). The predicted molar refractivity (Wildman–Crippen MR) is 85.0 cm³/mol. The van der Waals surface area contributed by atoms with Gasteiger partial charge in [-0.1, -0.05) is 32.6 Å². The van der Waals surface area contributed by atoms with E-state index in [-0.39, 0.29) is 11.7 Å². The lowest BCUT2D eigenvalue weighted by Crippen LogP contribution is -2.45. The van der Waals surface area contributed by atoms with Crippen molar-refractivity contribution < 1.29 is 4.79 Å². The van der Waals surface area contributed by atoms with E-state index >= 15 is 0 Å². The Labute approximate surface area is 129 Å². The summed E-state index contributed by atoms with van der Waals surface area (Å²) in [7, 11) is 2.23. The summed E-state index contributed by atoms with van der Waals surface area (Å²) >= 11 is 0. The van der Waals surface area contributed by atoms with Crippen molar-refractivity contribution >= 4 is 5.91 Å². The third-order valence-electron chi connectivity index (χ3n) is 5.97. The van der Waals surface area contributed by atoms with Crippen LogP contribution in [0.2, 0.25) is 0 Å². The van der Waals surface area contributed by atoms with E-state index in [9.17, 15) is 4.79 Å². The van der Waals surface area contributed by atoms with Crippen LogP contribution in [-0.4, -0.2) is 53.6 Å². The summed E-state index contributed by atoms with van der Waals surface area (Å²) in [5.41, 5.74) is -0.202. The molecule has 1 heterocycles. The minimum Gasteiger partial charge on any atom is -0.324 e. The van der Waals surface area contributed by atoms with Crippen LogP contribution in [0.5, 0.6) is 0 Å². The number of rotatable bonds is 5.